The first-order valence-electron chi connectivity index (χ1n) is 7.65. The lowest BCUT2D eigenvalue weighted by atomic mass is 10.1. The average molecular weight is 350 g/mol. The quantitative estimate of drug-likeness (QED) is 0.569. The molecule has 3 aromatic rings. The third kappa shape index (κ3) is 2.93. The number of furan rings is 1. The maximum absolute atomic E-state index is 12.7. The molecule has 0 aliphatic carbocycles. The van der Waals surface area contributed by atoms with Gasteiger partial charge in [0.1, 0.15) is 23.0 Å². The number of aryl methyl sites for hydroxylation is 2. The molecule has 8 heteroatoms. The summed E-state index contributed by atoms with van der Waals surface area (Å²) in [4.78, 5) is 23.2. The van der Waals surface area contributed by atoms with E-state index in [4.69, 9.17) is 4.42 Å². The molecule has 0 saturated carbocycles. The van der Waals surface area contributed by atoms with Gasteiger partial charge in [0.05, 0.1) is 4.92 Å². The molecule has 1 N–H and O–H groups in total. The van der Waals surface area contributed by atoms with Crippen LogP contribution < -0.4 is 5.32 Å². The van der Waals surface area contributed by atoms with Gasteiger partial charge in [-0.25, -0.2) is 0 Å². The molecule has 0 bridgehead atoms. The number of carbonyl (C=O) groups excluding carboxylic acids is 1. The van der Waals surface area contributed by atoms with Gasteiger partial charge in [0.15, 0.2) is 0 Å². The van der Waals surface area contributed by atoms with Crippen LogP contribution in [-0.2, 0) is 0 Å². The number of amides is 1. The minimum Gasteiger partial charge on any atom is -0.443 e. The minimum absolute atomic E-state index is 0.0952. The molecule has 1 amide bonds. The van der Waals surface area contributed by atoms with Crippen LogP contribution in [0.3, 0.4) is 0 Å². The SMILES string of the molecule is Cc1ccc(NC(=O)c2c(C)oc(-n3cccc3)c2C#N)cc1[N+](=O)[O-]. The number of hydrogen-bond acceptors (Lipinski definition) is 5. The molecule has 3 rings (SSSR count). The lowest BCUT2D eigenvalue weighted by Crippen LogP contribution is -2.14. The van der Waals surface area contributed by atoms with Crippen LogP contribution in [0, 0.1) is 35.3 Å². The molecular formula is C18H14N4O4. The van der Waals surface area contributed by atoms with E-state index in [1.165, 1.54) is 6.07 Å². The van der Waals surface area contributed by atoms with Gasteiger partial charge in [0.2, 0.25) is 5.88 Å². The number of nitriles is 1. The van der Waals surface area contributed by atoms with Gasteiger partial charge in [-0.15, -0.1) is 0 Å². The Morgan fingerprint density at radius 2 is 2.00 bits per heavy atom. The molecule has 26 heavy (non-hydrogen) atoms. The minimum atomic E-state index is -0.570. The smallest absolute Gasteiger partial charge is 0.274 e. The van der Waals surface area contributed by atoms with Crippen LogP contribution in [0.5, 0.6) is 0 Å². The third-order valence-electron chi connectivity index (χ3n) is 3.91. The van der Waals surface area contributed by atoms with Crippen LogP contribution in [0.15, 0.2) is 47.1 Å². The number of nitro benzene ring substituents is 1. The van der Waals surface area contributed by atoms with Crippen molar-refractivity contribution in [3.63, 3.8) is 0 Å². The first-order chi connectivity index (χ1) is 12.4. The standard InChI is InChI=1S/C18H14N4O4/c1-11-5-6-13(9-15(11)22(24)25)20-17(23)16-12(2)26-18(14(16)10-19)21-7-3-4-8-21/h3-9H,1-2H3,(H,20,23). The van der Waals surface area contributed by atoms with Crippen LogP contribution in [0.4, 0.5) is 11.4 Å². The van der Waals surface area contributed by atoms with Crippen molar-refractivity contribution in [2.75, 3.05) is 5.32 Å². The van der Waals surface area contributed by atoms with E-state index in [1.807, 2.05) is 6.07 Å². The van der Waals surface area contributed by atoms with Crippen molar-refractivity contribution in [1.82, 2.24) is 4.57 Å². The first-order valence-corrected chi connectivity index (χ1v) is 7.65. The molecule has 1 aromatic carbocycles. The molecule has 0 fully saturated rings. The Morgan fingerprint density at radius 3 is 2.62 bits per heavy atom. The van der Waals surface area contributed by atoms with E-state index < -0.39 is 10.8 Å². The first kappa shape index (κ1) is 17.0. The maximum atomic E-state index is 12.7. The Bertz CT molecular complexity index is 1040. The fourth-order valence-corrected chi connectivity index (χ4v) is 2.64. The molecule has 2 heterocycles. The monoisotopic (exact) mass is 350 g/mol. The van der Waals surface area contributed by atoms with E-state index in [9.17, 15) is 20.2 Å². The Hall–Kier alpha value is -3.86. The summed E-state index contributed by atoms with van der Waals surface area (Å²) in [7, 11) is 0. The largest absolute Gasteiger partial charge is 0.443 e. The Kier molecular flexibility index (Phi) is 4.29. The highest BCUT2D eigenvalue weighted by molar-refractivity contribution is 6.07. The van der Waals surface area contributed by atoms with E-state index >= 15 is 0 Å². The van der Waals surface area contributed by atoms with Crippen LogP contribution in [0.25, 0.3) is 5.88 Å². The average Bonchev–Trinajstić information content (AvgIpc) is 3.23. The fraction of sp³-hybridized carbons (Fsp3) is 0.111. The van der Waals surface area contributed by atoms with Crippen molar-refractivity contribution < 1.29 is 14.1 Å². The maximum Gasteiger partial charge on any atom is 0.274 e. The second-order valence-electron chi connectivity index (χ2n) is 5.63. The zero-order valence-electron chi connectivity index (χ0n) is 14.0. The van der Waals surface area contributed by atoms with Crippen molar-refractivity contribution in [3.8, 4) is 12.0 Å². The number of anilines is 1. The Balaban J connectivity index is 1.98. The number of benzene rings is 1. The molecule has 0 unspecified atom stereocenters. The third-order valence-corrected chi connectivity index (χ3v) is 3.91. The van der Waals surface area contributed by atoms with Crippen molar-refractivity contribution >= 4 is 17.3 Å². The van der Waals surface area contributed by atoms with Gasteiger partial charge >= 0.3 is 0 Å². The van der Waals surface area contributed by atoms with Crippen molar-refractivity contribution in [1.29, 1.82) is 5.26 Å². The Morgan fingerprint density at radius 1 is 1.31 bits per heavy atom. The molecule has 130 valence electrons. The number of aromatic nitrogens is 1. The number of carbonyl (C=O) groups is 1. The van der Waals surface area contributed by atoms with Gasteiger partial charge in [-0.05, 0) is 32.0 Å². The lowest BCUT2D eigenvalue weighted by Gasteiger charge is -2.06. The zero-order chi connectivity index (χ0) is 18.8. The van der Waals surface area contributed by atoms with E-state index in [1.54, 1.807) is 55.1 Å². The highest BCUT2D eigenvalue weighted by Crippen LogP contribution is 2.27. The van der Waals surface area contributed by atoms with Gasteiger partial charge < -0.3 is 9.73 Å². The number of nitrogens with zero attached hydrogens (tertiary/aromatic N) is 3. The summed E-state index contributed by atoms with van der Waals surface area (Å²) in [6.45, 7) is 3.20. The van der Waals surface area contributed by atoms with Crippen LogP contribution in [0.1, 0.15) is 27.2 Å². The van der Waals surface area contributed by atoms with Gasteiger partial charge in [0.25, 0.3) is 11.6 Å². The summed E-state index contributed by atoms with van der Waals surface area (Å²) in [6, 6.07) is 9.92. The zero-order valence-corrected chi connectivity index (χ0v) is 14.0. The lowest BCUT2D eigenvalue weighted by molar-refractivity contribution is -0.385. The van der Waals surface area contributed by atoms with E-state index in [0.717, 1.165) is 0 Å². The second kappa shape index (κ2) is 6.57. The molecule has 0 aliphatic heterocycles. The predicted molar refractivity (Wildman–Crippen MR) is 93.3 cm³/mol. The Labute approximate surface area is 148 Å². The highest BCUT2D eigenvalue weighted by Gasteiger charge is 2.25. The molecule has 0 radical (unpaired) electrons. The van der Waals surface area contributed by atoms with Crippen molar-refractivity contribution in [2.45, 2.75) is 13.8 Å². The van der Waals surface area contributed by atoms with Crippen LogP contribution >= 0.6 is 0 Å². The number of rotatable bonds is 4. The molecule has 0 atom stereocenters. The van der Waals surface area contributed by atoms with E-state index in [2.05, 4.69) is 5.32 Å². The number of nitrogens with one attached hydrogen (secondary N) is 1. The molecule has 0 aliphatic rings. The van der Waals surface area contributed by atoms with Crippen molar-refractivity contribution in [2.24, 2.45) is 0 Å². The molecule has 2 aromatic heterocycles. The second-order valence-corrected chi connectivity index (χ2v) is 5.63. The number of hydrogen-bond donors (Lipinski definition) is 1. The molecule has 8 nitrogen and oxygen atoms in total. The molecule has 0 spiro atoms. The summed E-state index contributed by atoms with van der Waals surface area (Å²) in [5.74, 6) is -0.0428. The van der Waals surface area contributed by atoms with Crippen LogP contribution in [0.2, 0.25) is 0 Å². The van der Waals surface area contributed by atoms with Gasteiger partial charge in [0, 0.05) is 29.7 Å². The highest BCUT2D eigenvalue weighted by atomic mass is 16.6. The van der Waals surface area contributed by atoms with Crippen LogP contribution in [-0.4, -0.2) is 15.4 Å². The molecular weight excluding hydrogens is 336 g/mol. The van der Waals surface area contributed by atoms with Gasteiger partial charge in [-0.1, -0.05) is 6.07 Å². The predicted octanol–water partition coefficient (Wildman–Crippen LogP) is 3.72. The summed E-state index contributed by atoms with van der Waals surface area (Å²) in [5, 5.41) is 23.1. The van der Waals surface area contributed by atoms with E-state index in [-0.39, 0.29) is 34.1 Å². The van der Waals surface area contributed by atoms with Gasteiger partial charge in [-0.3, -0.25) is 19.5 Å². The number of nitro groups is 1. The normalized spacial score (nSPS) is 10.3. The summed E-state index contributed by atoms with van der Waals surface area (Å²) in [5.41, 5.74) is 0.844. The summed E-state index contributed by atoms with van der Waals surface area (Å²) < 4.78 is 7.19. The van der Waals surface area contributed by atoms with Crippen molar-refractivity contribution in [3.05, 3.63) is 75.3 Å². The van der Waals surface area contributed by atoms with Gasteiger partial charge in [-0.2, -0.15) is 5.26 Å². The summed E-state index contributed by atoms with van der Waals surface area (Å²) in [6.07, 6.45) is 3.40. The fourth-order valence-electron chi connectivity index (χ4n) is 2.64. The molecule has 0 saturated heterocycles. The summed E-state index contributed by atoms with van der Waals surface area (Å²) >= 11 is 0. The topological polar surface area (TPSA) is 114 Å². The van der Waals surface area contributed by atoms with E-state index in [0.29, 0.717) is 5.56 Å².